The van der Waals surface area contributed by atoms with E-state index < -0.39 is 8.07 Å². The number of aromatic nitrogens is 2. The normalized spacial score (nSPS) is 13.0. The number of rotatable bonds is 7. The van der Waals surface area contributed by atoms with Crippen LogP contribution in [-0.4, -0.2) is 24.3 Å². The van der Waals surface area contributed by atoms with Crippen LogP contribution in [0.5, 0.6) is 11.5 Å². The van der Waals surface area contributed by atoms with Gasteiger partial charge in [-0.3, -0.25) is 0 Å². The van der Waals surface area contributed by atoms with E-state index in [1.165, 1.54) is 21.8 Å². The fourth-order valence-electron chi connectivity index (χ4n) is 6.14. The monoisotopic (exact) mass is 583 g/mol. The molecule has 1 aliphatic heterocycles. The van der Waals surface area contributed by atoms with Crippen molar-refractivity contribution < 1.29 is 4.74 Å². The molecule has 2 heterocycles. The smallest absolute Gasteiger partial charge is 0.188 e. The zero-order valence-corrected chi connectivity index (χ0v) is 25.0. The predicted molar refractivity (Wildman–Crippen MR) is 184 cm³/mol. The molecule has 0 spiro atoms. The Labute approximate surface area is 258 Å². The first-order valence-electron chi connectivity index (χ1n) is 14.5. The van der Waals surface area contributed by atoms with Gasteiger partial charge in [0.05, 0.1) is 17.0 Å². The van der Waals surface area contributed by atoms with Crippen LogP contribution in [0.4, 0.5) is 0 Å². The molecule has 44 heavy (non-hydrogen) atoms. The summed E-state index contributed by atoms with van der Waals surface area (Å²) in [6, 6.07) is 48.5. The molecule has 0 bridgehead atoms. The summed E-state index contributed by atoms with van der Waals surface area (Å²) in [5, 5.41) is 12.4. The van der Waals surface area contributed by atoms with E-state index in [0.717, 1.165) is 33.5 Å². The molecule has 7 rings (SSSR count). The number of nitrogens with zero attached hydrogens (tertiary/aromatic N) is 2. The average molecular weight is 584 g/mol. The molecule has 1 N–H and O–H groups in total. The van der Waals surface area contributed by atoms with Crippen LogP contribution in [0.15, 0.2) is 158 Å². The van der Waals surface area contributed by atoms with E-state index in [2.05, 4.69) is 97.6 Å². The van der Waals surface area contributed by atoms with Crippen molar-refractivity contribution in [3.63, 3.8) is 0 Å². The summed E-state index contributed by atoms with van der Waals surface area (Å²) in [6.07, 6.45) is 4.68. The minimum Gasteiger partial charge on any atom is -0.457 e. The van der Waals surface area contributed by atoms with Gasteiger partial charge in [0.2, 0.25) is 0 Å². The van der Waals surface area contributed by atoms with Gasteiger partial charge in [0.15, 0.2) is 13.9 Å². The topological polar surface area (TPSA) is 58.9 Å². The van der Waals surface area contributed by atoms with Crippen LogP contribution in [0.1, 0.15) is 5.69 Å². The van der Waals surface area contributed by atoms with E-state index in [9.17, 15) is 0 Å². The second-order valence-corrected chi connectivity index (χ2v) is 14.4. The Hall–Kier alpha value is -5.65. The fraction of sp³-hybridized carbons (Fsp3) is 0. The van der Waals surface area contributed by atoms with Gasteiger partial charge in [-0.2, -0.15) is 0 Å². The second-order valence-electron chi connectivity index (χ2n) is 10.6. The van der Waals surface area contributed by atoms with Gasteiger partial charge in [0.25, 0.3) is 0 Å². The molecule has 0 fully saturated rings. The number of para-hydroxylation sites is 2. The van der Waals surface area contributed by atoms with E-state index in [0.29, 0.717) is 17.1 Å². The van der Waals surface area contributed by atoms with Gasteiger partial charge in [-0.1, -0.05) is 134 Å². The Morgan fingerprint density at radius 3 is 1.98 bits per heavy atom. The molecule has 0 saturated heterocycles. The Morgan fingerprint density at radius 1 is 0.682 bits per heavy atom. The molecule has 0 aliphatic carbocycles. The molecule has 6 aromatic rings. The van der Waals surface area contributed by atoms with E-state index in [1.807, 2.05) is 48.5 Å². The number of hydrogen-bond acceptors (Lipinski definition) is 4. The number of benzene rings is 5. The number of allylic oxidation sites excluding steroid dienone is 3. The maximum atomic E-state index is 7.46. The Bertz CT molecular complexity index is 1980. The number of fused-ring (bicyclic) bond motifs is 2. The molecule has 4 nitrogen and oxygen atoms in total. The van der Waals surface area contributed by atoms with Crippen LogP contribution in [0.3, 0.4) is 0 Å². The van der Waals surface area contributed by atoms with Crippen molar-refractivity contribution >= 4 is 40.6 Å². The maximum absolute atomic E-state index is 7.46. The third-order valence-electron chi connectivity index (χ3n) is 8.09. The first-order chi connectivity index (χ1) is 21.7. The molecule has 210 valence electrons. The third-order valence-corrected chi connectivity index (χ3v) is 12.9. The molecule has 0 atom stereocenters. The lowest BCUT2D eigenvalue weighted by Crippen LogP contribution is -2.76. The van der Waals surface area contributed by atoms with Crippen molar-refractivity contribution in [3.8, 4) is 34.1 Å². The van der Waals surface area contributed by atoms with Gasteiger partial charge < -0.3 is 10.1 Å². The summed E-state index contributed by atoms with van der Waals surface area (Å²) in [6.45, 7) is 4.25. The number of ether oxygens (including phenoxy) is 1. The highest BCUT2D eigenvalue weighted by atomic mass is 28.3. The van der Waals surface area contributed by atoms with Gasteiger partial charge in [0.1, 0.15) is 11.5 Å². The average Bonchev–Trinajstić information content (AvgIpc) is 3.10. The SMILES string of the molecule is C=C(/C=C\C=N)c1cc(-c2ccccc2)nc(-c2cccc3c2Oc2ccccc2[Si]3(c2ccccc2)c2ccccc2)n1. The molecule has 1 aliphatic rings. The molecule has 0 radical (unpaired) electrons. The number of nitrogens with one attached hydrogen (secondary N) is 1. The first-order valence-corrected chi connectivity index (χ1v) is 16.5. The van der Waals surface area contributed by atoms with Crippen LogP contribution < -0.4 is 25.5 Å². The van der Waals surface area contributed by atoms with Crippen LogP contribution in [0.2, 0.25) is 0 Å². The summed E-state index contributed by atoms with van der Waals surface area (Å²) in [7, 11) is -2.81. The van der Waals surface area contributed by atoms with Crippen LogP contribution in [0.25, 0.3) is 28.2 Å². The highest BCUT2D eigenvalue weighted by molar-refractivity contribution is 7.20. The number of hydrogen-bond donors (Lipinski definition) is 1. The maximum Gasteiger partial charge on any atom is 0.188 e. The predicted octanol–water partition coefficient (Wildman–Crippen LogP) is 6.51. The summed E-state index contributed by atoms with van der Waals surface area (Å²) in [5.41, 5.74) is 3.98. The Kier molecular flexibility index (Phi) is 7.14. The lowest BCUT2D eigenvalue weighted by molar-refractivity contribution is 0.488. The lowest BCUT2D eigenvalue weighted by atomic mass is 10.1. The molecule has 0 unspecified atom stereocenters. The molecule has 1 aromatic heterocycles. The van der Waals surface area contributed by atoms with E-state index in [4.69, 9.17) is 20.1 Å². The summed E-state index contributed by atoms with van der Waals surface area (Å²) in [4.78, 5) is 10.1. The third kappa shape index (κ3) is 4.60. The second kappa shape index (κ2) is 11.6. The molecule has 5 heteroatoms. The largest absolute Gasteiger partial charge is 0.457 e. The van der Waals surface area contributed by atoms with Gasteiger partial charge >= 0.3 is 0 Å². The molecular weight excluding hydrogens is 555 g/mol. The standard InChI is InChI=1S/C39H29N3OSi/c1-28(15-14-26-40)33-27-34(29-16-5-2-6-17-29)42-39(41-33)32-22-13-25-37-38(32)43-35-23-11-12-24-36(35)44(37,30-18-7-3-8-19-30)31-20-9-4-10-21-31/h2-27,40H,1H2/b15-14-,40-26?. The Balaban J connectivity index is 1.54. The van der Waals surface area contributed by atoms with Gasteiger partial charge in [-0.15, -0.1) is 0 Å². The lowest BCUT2D eigenvalue weighted by Gasteiger charge is -2.40. The summed E-state index contributed by atoms with van der Waals surface area (Å²) < 4.78 is 6.86. The molecular formula is C39H29N3OSi. The highest BCUT2D eigenvalue weighted by Crippen LogP contribution is 2.37. The van der Waals surface area contributed by atoms with Crippen molar-refractivity contribution in [2.45, 2.75) is 0 Å². The van der Waals surface area contributed by atoms with E-state index >= 15 is 0 Å². The Morgan fingerprint density at radius 2 is 1.30 bits per heavy atom. The van der Waals surface area contributed by atoms with Gasteiger partial charge in [-0.05, 0) is 50.6 Å². The molecule has 0 saturated carbocycles. The zero-order valence-electron chi connectivity index (χ0n) is 24.0. The van der Waals surface area contributed by atoms with Crippen LogP contribution in [0, 0.1) is 5.41 Å². The minimum atomic E-state index is -2.81. The van der Waals surface area contributed by atoms with Crippen molar-refractivity contribution in [3.05, 3.63) is 164 Å². The van der Waals surface area contributed by atoms with Crippen molar-refractivity contribution in [1.82, 2.24) is 9.97 Å². The van der Waals surface area contributed by atoms with Gasteiger partial charge in [-0.25, -0.2) is 9.97 Å². The zero-order chi connectivity index (χ0) is 29.9. The first kappa shape index (κ1) is 27.2. The fourth-order valence-corrected chi connectivity index (χ4v) is 11.1. The van der Waals surface area contributed by atoms with E-state index in [-0.39, 0.29) is 0 Å². The van der Waals surface area contributed by atoms with Crippen LogP contribution in [-0.2, 0) is 0 Å². The van der Waals surface area contributed by atoms with Crippen molar-refractivity contribution in [2.24, 2.45) is 0 Å². The molecule has 5 aromatic carbocycles. The van der Waals surface area contributed by atoms with Crippen molar-refractivity contribution in [2.75, 3.05) is 0 Å². The summed E-state index contributed by atoms with van der Waals surface area (Å²) in [5.74, 6) is 2.19. The minimum absolute atomic E-state index is 0.561. The van der Waals surface area contributed by atoms with Crippen LogP contribution >= 0.6 is 0 Å². The van der Waals surface area contributed by atoms with Crippen molar-refractivity contribution in [1.29, 1.82) is 5.41 Å². The summed E-state index contributed by atoms with van der Waals surface area (Å²) >= 11 is 0. The van der Waals surface area contributed by atoms with Gasteiger partial charge in [0, 0.05) is 11.8 Å². The molecule has 0 amide bonds. The highest BCUT2D eigenvalue weighted by Gasteiger charge is 2.48. The van der Waals surface area contributed by atoms with E-state index in [1.54, 1.807) is 12.2 Å². The quantitative estimate of drug-likeness (QED) is 0.132.